The molecule has 11 nitrogen and oxygen atoms in total. The summed E-state index contributed by atoms with van der Waals surface area (Å²) in [6.45, 7) is 4.86. The first kappa shape index (κ1) is 22.9. The summed E-state index contributed by atoms with van der Waals surface area (Å²) in [5.74, 6) is 0.117. The van der Waals surface area contributed by atoms with Crippen LogP contribution in [0.3, 0.4) is 0 Å². The quantitative estimate of drug-likeness (QED) is 0.306. The van der Waals surface area contributed by atoms with Crippen LogP contribution in [0.2, 0.25) is 5.02 Å². The molecule has 0 atom stereocenters. The monoisotopic (exact) mass is 514 g/mol. The fourth-order valence-electron chi connectivity index (χ4n) is 4.47. The number of H-pyrrole nitrogens is 1. The van der Waals surface area contributed by atoms with E-state index < -0.39 is 0 Å². The van der Waals surface area contributed by atoms with E-state index in [4.69, 9.17) is 17.3 Å². The molecule has 0 aliphatic rings. The van der Waals surface area contributed by atoms with Crippen LogP contribution in [0, 0.1) is 0 Å². The van der Waals surface area contributed by atoms with Crippen molar-refractivity contribution >= 4 is 56.4 Å². The minimum atomic E-state index is -0.217. The van der Waals surface area contributed by atoms with Crippen molar-refractivity contribution in [3.63, 3.8) is 0 Å². The van der Waals surface area contributed by atoms with Crippen LogP contribution in [0.25, 0.3) is 33.1 Å². The third-order valence-electron chi connectivity index (χ3n) is 6.22. The number of nitrogen functional groups attached to an aromatic ring is 1. The molecule has 0 radical (unpaired) electrons. The summed E-state index contributed by atoms with van der Waals surface area (Å²) in [4.78, 5) is 33.4. The highest BCUT2D eigenvalue weighted by atomic mass is 35.5. The van der Waals surface area contributed by atoms with E-state index in [1.165, 1.54) is 6.33 Å². The number of carbonyl (C=O) groups excluding carboxylic acids is 1. The molecule has 0 saturated carbocycles. The summed E-state index contributed by atoms with van der Waals surface area (Å²) in [5.41, 5.74) is 11.1. The molecule has 0 fully saturated rings. The number of nitrogens with zero attached hydrogens (tertiary/aromatic N) is 7. The Kier molecular flexibility index (Phi) is 5.49. The molecule has 0 saturated heterocycles. The fourth-order valence-corrected chi connectivity index (χ4v) is 4.72. The first-order valence-electron chi connectivity index (χ1n) is 11.7. The molecular formula is C25H23ClN10O. The molecule has 12 heteroatoms. The van der Waals surface area contributed by atoms with E-state index in [1.54, 1.807) is 24.8 Å². The largest absolute Gasteiger partial charge is 0.382 e. The van der Waals surface area contributed by atoms with Gasteiger partial charge in [0, 0.05) is 33.7 Å². The zero-order valence-electron chi connectivity index (χ0n) is 20.1. The minimum absolute atomic E-state index is 0.184. The Bertz CT molecular complexity index is 1800. The Balaban J connectivity index is 1.24. The first-order valence-corrected chi connectivity index (χ1v) is 12.1. The van der Waals surface area contributed by atoms with Gasteiger partial charge in [-0.25, -0.2) is 24.6 Å². The number of nitrogens with one attached hydrogen (secondary N) is 2. The van der Waals surface area contributed by atoms with Gasteiger partial charge in [0.2, 0.25) is 0 Å². The van der Waals surface area contributed by atoms with Crippen LogP contribution in [-0.4, -0.2) is 45.2 Å². The highest BCUT2D eigenvalue weighted by molar-refractivity contribution is 6.31. The predicted molar refractivity (Wildman–Crippen MR) is 141 cm³/mol. The average Bonchev–Trinajstić information content (AvgIpc) is 3.59. The van der Waals surface area contributed by atoms with Gasteiger partial charge in [0.15, 0.2) is 17.1 Å². The number of amides is 1. The molecule has 0 spiro atoms. The molecule has 37 heavy (non-hydrogen) atoms. The molecule has 5 aromatic heterocycles. The van der Waals surface area contributed by atoms with Gasteiger partial charge in [0.25, 0.3) is 5.91 Å². The van der Waals surface area contributed by atoms with Crippen molar-refractivity contribution in [2.24, 2.45) is 0 Å². The fraction of sp³-hybridized carbons (Fsp3) is 0.200. The maximum Gasteiger partial charge on any atom is 0.253 e. The molecule has 0 unspecified atom stereocenters. The Morgan fingerprint density at radius 1 is 1.08 bits per heavy atom. The van der Waals surface area contributed by atoms with Crippen molar-refractivity contribution in [2.45, 2.75) is 33.0 Å². The van der Waals surface area contributed by atoms with Crippen LogP contribution < -0.4 is 11.1 Å². The summed E-state index contributed by atoms with van der Waals surface area (Å²) < 4.78 is 3.73. The standard InChI is InChI=1S/C25H23ClN10O/c1-13(2)36-23-15(8-33-36)3-16(7-28-23)25(37)29-9-19-6-14-4-18(26)5-17(20(14)34-19)10-35-12-32-21-22(27)30-11-31-24(21)35/h3-8,11-13,34H,9-10H2,1-2H3,(H,29,37)(H2,27,30,31). The lowest BCUT2D eigenvalue weighted by molar-refractivity contribution is 0.0950. The van der Waals surface area contributed by atoms with Crippen molar-refractivity contribution in [1.82, 2.24) is 44.6 Å². The molecule has 0 bridgehead atoms. The number of halogens is 1. The van der Waals surface area contributed by atoms with Crippen LogP contribution in [0.4, 0.5) is 5.82 Å². The number of carbonyl (C=O) groups is 1. The van der Waals surface area contributed by atoms with E-state index in [0.717, 1.165) is 33.2 Å². The van der Waals surface area contributed by atoms with Gasteiger partial charge in [-0.05, 0) is 43.7 Å². The number of benzene rings is 1. The second-order valence-electron chi connectivity index (χ2n) is 9.13. The molecule has 5 heterocycles. The van der Waals surface area contributed by atoms with Crippen molar-refractivity contribution in [2.75, 3.05) is 5.73 Å². The lowest BCUT2D eigenvalue weighted by Crippen LogP contribution is -2.23. The van der Waals surface area contributed by atoms with Gasteiger partial charge >= 0.3 is 0 Å². The highest BCUT2D eigenvalue weighted by Gasteiger charge is 2.15. The molecular weight excluding hydrogens is 492 g/mol. The van der Waals surface area contributed by atoms with Gasteiger partial charge in [-0.3, -0.25) is 4.79 Å². The van der Waals surface area contributed by atoms with Crippen LogP contribution in [-0.2, 0) is 13.1 Å². The Labute approximate surface area is 215 Å². The number of anilines is 1. The van der Waals surface area contributed by atoms with E-state index in [-0.39, 0.29) is 11.9 Å². The molecule has 186 valence electrons. The third-order valence-corrected chi connectivity index (χ3v) is 6.44. The van der Waals surface area contributed by atoms with Crippen LogP contribution in [0.5, 0.6) is 0 Å². The summed E-state index contributed by atoms with van der Waals surface area (Å²) in [5, 5.41) is 9.70. The smallest absolute Gasteiger partial charge is 0.253 e. The van der Waals surface area contributed by atoms with Gasteiger partial charge < -0.3 is 20.6 Å². The number of pyridine rings is 1. The number of hydrogen-bond donors (Lipinski definition) is 3. The molecule has 6 aromatic rings. The summed E-state index contributed by atoms with van der Waals surface area (Å²) in [7, 11) is 0. The van der Waals surface area contributed by atoms with Gasteiger partial charge in [-0.2, -0.15) is 5.10 Å². The van der Waals surface area contributed by atoms with Gasteiger partial charge in [-0.15, -0.1) is 0 Å². The number of fused-ring (bicyclic) bond motifs is 3. The van der Waals surface area contributed by atoms with Crippen LogP contribution in [0.15, 0.2) is 49.3 Å². The van der Waals surface area contributed by atoms with Crippen molar-refractivity contribution in [3.05, 3.63) is 71.2 Å². The first-order chi connectivity index (χ1) is 17.9. The Morgan fingerprint density at radius 2 is 1.95 bits per heavy atom. The Hall–Kier alpha value is -4.51. The molecule has 6 rings (SSSR count). The van der Waals surface area contributed by atoms with E-state index in [9.17, 15) is 4.79 Å². The lowest BCUT2D eigenvalue weighted by Gasteiger charge is -2.07. The third kappa shape index (κ3) is 4.12. The lowest BCUT2D eigenvalue weighted by atomic mass is 10.1. The average molecular weight is 515 g/mol. The number of nitrogens with two attached hydrogens (primary N) is 1. The molecule has 0 aliphatic heterocycles. The van der Waals surface area contributed by atoms with E-state index >= 15 is 0 Å². The predicted octanol–water partition coefficient (Wildman–Crippen LogP) is 3.85. The zero-order chi connectivity index (χ0) is 25.7. The molecule has 1 aromatic carbocycles. The number of aromatic nitrogens is 8. The van der Waals surface area contributed by atoms with Gasteiger partial charge in [-0.1, -0.05) is 11.6 Å². The van der Waals surface area contributed by atoms with Crippen LogP contribution in [0.1, 0.15) is 41.5 Å². The van der Waals surface area contributed by atoms with Crippen molar-refractivity contribution in [3.8, 4) is 0 Å². The second kappa shape index (κ2) is 8.86. The number of hydrogen-bond acceptors (Lipinski definition) is 7. The van der Waals surface area contributed by atoms with Gasteiger partial charge in [0.05, 0.1) is 36.7 Å². The van der Waals surface area contributed by atoms with Crippen molar-refractivity contribution in [1.29, 1.82) is 0 Å². The van der Waals surface area contributed by atoms with Crippen molar-refractivity contribution < 1.29 is 4.79 Å². The SMILES string of the molecule is CC(C)n1ncc2cc(C(=O)NCc3cc4cc(Cl)cc(Cn5cnc6c(N)ncnc65)c4[nH]3)cnc21. The molecule has 0 aliphatic carbocycles. The second-order valence-corrected chi connectivity index (χ2v) is 9.57. The maximum atomic E-state index is 12.9. The van der Waals surface area contributed by atoms with Gasteiger partial charge in [0.1, 0.15) is 11.8 Å². The zero-order valence-corrected chi connectivity index (χ0v) is 20.9. The summed E-state index contributed by atoms with van der Waals surface area (Å²) in [6.07, 6.45) is 6.41. The number of imidazole rings is 1. The van der Waals surface area contributed by atoms with E-state index in [1.807, 2.05) is 41.3 Å². The molecule has 1 amide bonds. The van der Waals surface area contributed by atoms with Crippen LogP contribution >= 0.6 is 11.6 Å². The number of aromatic amines is 1. The highest BCUT2D eigenvalue weighted by Crippen LogP contribution is 2.27. The maximum absolute atomic E-state index is 12.9. The molecule has 4 N–H and O–H groups in total. The summed E-state index contributed by atoms with van der Waals surface area (Å²) >= 11 is 6.43. The topological polar surface area (TPSA) is 145 Å². The minimum Gasteiger partial charge on any atom is -0.382 e. The normalized spacial score (nSPS) is 11.8. The summed E-state index contributed by atoms with van der Waals surface area (Å²) in [6, 6.07) is 7.75. The number of rotatable bonds is 6. The van der Waals surface area contributed by atoms with E-state index in [0.29, 0.717) is 40.7 Å². The Morgan fingerprint density at radius 3 is 2.78 bits per heavy atom. The van der Waals surface area contributed by atoms with E-state index in [2.05, 4.69) is 35.3 Å².